The number of aryl methyl sites for hydroxylation is 1. The number of hydrogen-bond acceptors (Lipinski definition) is 2. The molecule has 1 N–H and O–H groups in total. The van der Waals surface area contributed by atoms with E-state index in [0.717, 1.165) is 22.5 Å². The normalized spacial score (nSPS) is 12.2. The Bertz CT molecular complexity index is 583. The molecule has 0 bridgehead atoms. The molecule has 0 amide bonds. The van der Waals surface area contributed by atoms with Crippen molar-refractivity contribution in [1.29, 1.82) is 0 Å². The van der Waals surface area contributed by atoms with Crippen LogP contribution in [0.2, 0.25) is 0 Å². The monoisotopic (exact) mass is 333 g/mol. The molecule has 2 rings (SSSR count). The van der Waals surface area contributed by atoms with Gasteiger partial charge >= 0.3 is 0 Å². The molecule has 0 aliphatic heterocycles. The summed E-state index contributed by atoms with van der Waals surface area (Å²) in [5.74, 6) is 1.70. The van der Waals surface area contributed by atoms with Crippen LogP contribution in [-0.4, -0.2) is 6.54 Å². The molecule has 0 radical (unpaired) electrons. The Balaban J connectivity index is 2.17. The second kappa shape index (κ2) is 6.91. The molecule has 0 heterocycles. The van der Waals surface area contributed by atoms with Gasteiger partial charge in [-0.3, -0.25) is 0 Å². The molecule has 20 heavy (non-hydrogen) atoms. The van der Waals surface area contributed by atoms with E-state index in [1.807, 2.05) is 24.3 Å². The first-order valence-corrected chi connectivity index (χ1v) is 7.66. The highest BCUT2D eigenvalue weighted by atomic mass is 79.9. The lowest BCUT2D eigenvalue weighted by atomic mass is 10.1. The average molecular weight is 334 g/mol. The van der Waals surface area contributed by atoms with Gasteiger partial charge in [0.15, 0.2) is 0 Å². The molecule has 0 aliphatic rings. The van der Waals surface area contributed by atoms with Crippen LogP contribution in [0.25, 0.3) is 0 Å². The van der Waals surface area contributed by atoms with Crippen LogP contribution in [0.5, 0.6) is 11.5 Å². The predicted octanol–water partition coefficient (Wildman–Crippen LogP) is 5.22. The zero-order valence-corrected chi connectivity index (χ0v) is 13.7. The van der Waals surface area contributed by atoms with Crippen molar-refractivity contribution >= 4 is 15.9 Å². The summed E-state index contributed by atoms with van der Waals surface area (Å²) in [6.45, 7) is 7.29. The van der Waals surface area contributed by atoms with Crippen molar-refractivity contribution in [3.05, 3.63) is 58.1 Å². The average Bonchev–Trinajstić information content (AvgIpc) is 2.41. The summed E-state index contributed by atoms with van der Waals surface area (Å²) in [5.41, 5.74) is 2.44. The highest BCUT2D eigenvalue weighted by Gasteiger charge is 2.08. The van der Waals surface area contributed by atoms with E-state index in [4.69, 9.17) is 4.74 Å². The van der Waals surface area contributed by atoms with Crippen molar-refractivity contribution < 1.29 is 4.74 Å². The first-order valence-electron chi connectivity index (χ1n) is 6.87. The Morgan fingerprint density at radius 2 is 2.00 bits per heavy atom. The number of halogens is 1. The highest BCUT2D eigenvalue weighted by molar-refractivity contribution is 9.10. The fraction of sp³-hybridized carbons (Fsp3) is 0.294. The van der Waals surface area contributed by atoms with Gasteiger partial charge in [-0.05, 0) is 71.7 Å². The van der Waals surface area contributed by atoms with E-state index >= 15 is 0 Å². The third-order valence-corrected chi connectivity index (χ3v) is 3.80. The fourth-order valence-electron chi connectivity index (χ4n) is 2.10. The minimum absolute atomic E-state index is 0.337. The summed E-state index contributed by atoms with van der Waals surface area (Å²) in [5, 5.41) is 3.40. The molecule has 0 aromatic heterocycles. The summed E-state index contributed by atoms with van der Waals surface area (Å²) in [6.07, 6.45) is 0. The summed E-state index contributed by atoms with van der Waals surface area (Å²) in [7, 11) is 0. The van der Waals surface area contributed by atoms with Crippen molar-refractivity contribution in [1.82, 2.24) is 5.32 Å². The Kier molecular flexibility index (Phi) is 5.21. The van der Waals surface area contributed by atoms with Gasteiger partial charge in [0.1, 0.15) is 11.5 Å². The van der Waals surface area contributed by atoms with Gasteiger partial charge in [-0.15, -0.1) is 0 Å². The molecule has 106 valence electrons. The van der Waals surface area contributed by atoms with Gasteiger partial charge < -0.3 is 10.1 Å². The quantitative estimate of drug-likeness (QED) is 0.809. The van der Waals surface area contributed by atoms with Crippen molar-refractivity contribution in [3.8, 4) is 11.5 Å². The maximum absolute atomic E-state index is 5.92. The lowest BCUT2D eigenvalue weighted by Gasteiger charge is -2.15. The highest BCUT2D eigenvalue weighted by Crippen LogP contribution is 2.32. The van der Waals surface area contributed by atoms with Crippen LogP contribution in [0.15, 0.2) is 46.9 Å². The smallest absolute Gasteiger partial charge is 0.141 e. The van der Waals surface area contributed by atoms with Crippen LogP contribution in [0.3, 0.4) is 0 Å². The first-order chi connectivity index (χ1) is 9.60. The Morgan fingerprint density at radius 1 is 1.20 bits per heavy atom. The Labute approximate surface area is 129 Å². The molecule has 2 aromatic carbocycles. The summed E-state index contributed by atoms with van der Waals surface area (Å²) < 4.78 is 6.89. The summed E-state index contributed by atoms with van der Waals surface area (Å²) in [4.78, 5) is 0. The van der Waals surface area contributed by atoms with Crippen LogP contribution in [0, 0.1) is 6.92 Å². The number of hydrogen-bond donors (Lipinski definition) is 1. The van der Waals surface area contributed by atoms with Crippen molar-refractivity contribution in [3.63, 3.8) is 0 Å². The van der Waals surface area contributed by atoms with Crippen LogP contribution in [0.4, 0.5) is 0 Å². The second-order valence-electron chi connectivity index (χ2n) is 4.89. The van der Waals surface area contributed by atoms with Gasteiger partial charge in [-0.2, -0.15) is 0 Å². The third-order valence-electron chi connectivity index (χ3n) is 3.18. The van der Waals surface area contributed by atoms with E-state index in [9.17, 15) is 0 Å². The molecule has 0 aliphatic carbocycles. The van der Waals surface area contributed by atoms with Crippen LogP contribution < -0.4 is 10.1 Å². The molecule has 1 unspecified atom stereocenters. The van der Waals surface area contributed by atoms with E-state index in [-0.39, 0.29) is 0 Å². The molecule has 1 atom stereocenters. The van der Waals surface area contributed by atoms with Crippen LogP contribution in [-0.2, 0) is 0 Å². The standard InChI is InChI=1S/C17H20BrNO/c1-4-19-13(3)14-8-9-17(16(18)11-14)20-15-7-5-6-12(2)10-15/h5-11,13,19H,4H2,1-3H3. The first kappa shape index (κ1) is 15.1. The fourth-order valence-corrected chi connectivity index (χ4v) is 2.58. The second-order valence-corrected chi connectivity index (χ2v) is 5.74. The van der Waals surface area contributed by atoms with E-state index in [1.54, 1.807) is 0 Å². The maximum Gasteiger partial charge on any atom is 0.141 e. The van der Waals surface area contributed by atoms with E-state index in [0.29, 0.717) is 6.04 Å². The zero-order valence-electron chi connectivity index (χ0n) is 12.1. The van der Waals surface area contributed by atoms with Gasteiger partial charge in [0.2, 0.25) is 0 Å². The third kappa shape index (κ3) is 3.84. The molecule has 0 spiro atoms. The Morgan fingerprint density at radius 3 is 2.65 bits per heavy atom. The molecule has 0 fully saturated rings. The lowest BCUT2D eigenvalue weighted by molar-refractivity contribution is 0.478. The van der Waals surface area contributed by atoms with E-state index < -0.39 is 0 Å². The Hall–Kier alpha value is -1.32. The lowest BCUT2D eigenvalue weighted by Crippen LogP contribution is -2.17. The van der Waals surface area contributed by atoms with Gasteiger partial charge in [0, 0.05) is 6.04 Å². The molecule has 0 saturated carbocycles. The van der Waals surface area contributed by atoms with Crippen molar-refractivity contribution in [2.45, 2.75) is 26.8 Å². The molecule has 2 nitrogen and oxygen atoms in total. The molecular formula is C17H20BrNO. The zero-order chi connectivity index (χ0) is 14.5. The SMILES string of the molecule is CCNC(C)c1ccc(Oc2cccc(C)c2)c(Br)c1. The number of ether oxygens (including phenoxy) is 1. The van der Waals surface area contributed by atoms with E-state index in [2.05, 4.69) is 60.2 Å². The summed E-state index contributed by atoms with van der Waals surface area (Å²) in [6, 6.07) is 14.6. The number of rotatable bonds is 5. The van der Waals surface area contributed by atoms with Crippen molar-refractivity contribution in [2.75, 3.05) is 6.54 Å². The molecule has 0 saturated heterocycles. The minimum atomic E-state index is 0.337. The molecular weight excluding hydrogens is 314 g/mol. The minimum Gasteiger partial charge on any atom is -0.456 e. The topological polar surface area (TPSA) is 21.3 Å². The van der Waals surface area contributed by atoms with E-state index in [1.165, 1.54) is 11.1 Å². The molecule has 3 heteroatoms. The number of nitrogens with one attached hydrogen (secondary N) is 1. The van der Waals surface area contributed by atoms with Crippen molar-refractivity contribution in [2.24, 2.45) is 0 Å². The molecule has 2 aromatic rings. The predicted molar refractivity (Wildman–Crippen MR) is 87.5 cm³/mol. The maximum atomic E-state index is 5.92. The van der Waals surface area contributed by atoms with Gasteiger partial charge in [-0.25, -0.2) is 0 Å². The van der Waals surface area contributed by atoms with Crippen LogP contribution >= 0.6 is 15.9 Å². The largest absolute Gasteiger partial charge is 0.456 e. The van der Waals surface area contributed by atoms with Gasteiger partial charge in [0.05, 0.1) is 4.47 Å². The van der Waals surface area contributed by atoms with Crippen LogP contribution in [0.1, 0.15) is 31.0 Å². The summed E-state index contributed by atoms with van der Waals surface area (Å²) >= 11 is 3.59. The number of benzene rings is 2. The van der Waals surface area contributed by atoms with Gasteiger partial charge in [-0.1, -0.05) is 25.1 Å². The van der Waals surface area contributed by atoms with Gasteiger partial charge in [0.25, 0.3) is 0 Å².